The van der Waals surface area contributed by atoms with E-state index in [9.17, 15) is 22.8 Å². The predicted molar refractivity (Wildman–Crippen MR) is 86.1 cm³/mol. The van der Waals surface area contributed by atoms with Crippen LogP contribution in [0.4, 0.5) is 13.2 Å². The lowest BCUT2D eigenvalue weighted by Crippen LogP contribution is -2.38. The molecule has 1 aromatic carbocycles. The normalized spacial score (nSPS) is 13.0. The third-order valence-corrected chi connectivity index (χ3v) is 4.35. The third kappa shape index (κ3) is 4.28. The zero-order chi connectivity index (χ0) is 17.9. The molecule has 0 unspecified atom stereocenters. The Kier molecular flexibility index (Phi) is 5.53. The highest BCUT2D eigenvalue weighted by atomic mass is 32.2. The van der Waals surface area contributed by atoms with Crippen molar-refractivity contribution in [1.82, 2.24) is 14.9 Å². The standard InChI is InChI=1S/C15H16F3N3O2S/c1-3-21-13(23)10-6-4-5-7-11(10)20-14(21)24-9(2)12(22)19-8-15(16,17)18/h4-7,9H,3,8H2,1-2H3,(H,19,22)/t9-/m0/s1. The summed E-state index contributed by atoms with van der Waals surface area (Å²) < 4.78 is 37.9. The number of hydrogen-bond acceptors (Lipinski definition) is 4. The maximum absolute atomic E-state index is 12.4. The minimum Gasteiger partial charge on any atom is -0.346 e. The molecule has 0 fully saturated rings. The minimum absolute atomic E-state index is 0.242. The van der Waals surface area contributed by atoms with Gasteiger partial charge >= 0.3 is 6.18 Å². The lowest BCUT2D eigenvalue weighted by molar-refractivity contribution is -0.137. The van der Waals surface area contributed by atoms with Gasteiger partial charge in [0.25, 0.3) is 5.56 Å². The van der Waals surface area contributed by atoms with E-state index in [0.717, 1.165) is 11.8 Å². The topological polar surface area (TPSA) is 64.0 Å². The number of alkyl halides is 3. The molecule has 0 saturated carbocycles. The molecule has 2 rings (SSSR count). The fraction of sp³-hybridized carbons (Fsp3) is 0.400. The number of para-hydroxylation sites is 1. The molecule has 0 aliphatic carbocycles. The molecule has 0 saturated heterocycles. The fourth-order valence-electron chi connectivity index (χ4n) is 2.06. The lowest BCUT2D eigenvalue weighted by Gasteiger charge is -2.16. The number of fused-ring (bicyclic) bond motifs is 1. The molecule has 0 aliphatic heterocycles. The van der Waals surface area contributed by atoms with Gasteiger partial charge in [0.05, 0.1) is 16.2 Å². The first-order valence-electron chi connectivity index (χ1n) is 7.23. The lowest BCUT2D eigenvalue weighted by atomic mass is 10.2. The highest BCUT2D eigenvalue weighted by Gasteiger charge is 2.29. The van der Waals surface area contributed by atoms with E-state index in [2.05, 4.69) is 4.98 Å². The number of nitrogens with zero attached hydrogens (tertiary/aromatic N) is 2. The second-order valence-electron chi connectivity index (χ2n) is 5.05. The van der Waals surface area contributed by atoms with Crippen molar-refractivity contribution in [2.24, 2.45) is 0 Å². The first kappa shape index (κ1) is 18.3. The molecule has 0 radical (unpaired) electrons. The van der Waals surface area contributed by atoms with Gasteiger partial charge in [0.2, 0.25) is 5.91 Å². The van der Waals surface area contributed by atoms with Crippen molar-refractivity contribution in [3.05, 3.63) is 34.6 Å². The molecule has 0 aliphatic rings. The summed E-state index contributed by atoms with van der Waals surface area (Å²) in [6.07, 6.45) is -4.47. The molecule has 9 heteroatoms. The molecular formula is C15H16F3N3O2S. The molecule has 1 N–H and O–H groups in total. The molecule has 130 valence electrons. The van der Waals surface area contributed by atoms with Crippen molar-refractivity contribution in [1.29, 1.82) is 0 Å². The number of carbonyl (C=O) groups is 1. The van der Waals surface area contributed by atoms with Crippen molar-refractivity contribution in [2.75, 3.05) is 6.54 Å². The van der Waals surface area contributed by atoms with Crippen molar-refractivity contribution in [3.8, 4) is 0 Å². The average molecular weight is 359 g/mol. The Hall–Kier alpha value is -2.03. The Morgan fingerprint density at radius 3 is 2.67 bits per heavy atom. The number of carbonyl (C=O) groups excluding carboxylic acids is 1. The van der Waals surface area contributed by atoms with E-state index in [1.54, 1.807) is 31.2 Å². The van der Waals surface area contributed by atoms with Crippen LogP contribution in [0.2, 0.25) is 0 Å². The monoisotopic (exact) mass is 359 g/mol. The van der Waals surface area contributed by atoms with Gasteiger partial charge < -0.3 is 5.32 Å². The average Bonchev–Trinajstić information content (AvgIpc) is 2.52. The molecule has 0 spiro atoms. The Balaban J connectivity index is 2.25. The summed E-state index contributed by atoms with van der Waals surface area (Å²) >= 11 is 0.955. The molecule has 5 nitrogen and oxygen atoms in total. The van der Waals surface area contributed by atoms with Crippen LogP contribution in [0.1, 0.15) is 13.8 Å². The van der Waals surface area contributed by atoms with E-state index >= 15 is 0 Å². The van der Waals surface area contributed by atoms with Crippen LogP contribution in [0, 0.1) is 0 Å². The number of hydrogen-bond donors (Lipinski definition) is 1. The van der Waals surface area contributed by atoms with Crippen LogP contribution in [0.5, 0.6) is 0 Å². The zero-order valence-electron chi connectivity index (χ0n) is 13.1. The smallest absolute Gasteiger partial charge is 0.346 e. The van der Waals surface area contributed by atoms with E-state index in [1.165, 1.54) is 11.5 Å². The molecule has 1 atom stereocenters. The van der Waals surface area contributed by atoms with Gasteiger partial charge in [-0.1, -0.05) is 23.9 Å². The largest absolute Gasteiger partial charge is 0.405 e. The minimum atomic E-state index is -4.47. The Morgan fingerprint density at radius 1 is 1.38 bits per heavy atom. The Morgan fingerprint density at radius 2 is 2.04 bits per heavy atom. The second-order valence-corrected chi connectivity index (χ2v) is 6.36. The maximum atomic E-state index is 12.4. The predicted octanol–water partition coefficient (Wildman–Crippen LogP) is 2.58. The molecular weight excluding hydrogens is 343 g/mol. The van der Waals surface area contributed by atoms with Gasteiger partial charge in [-0.25, -0.2) is 4.98 Å². The van der Waals surface area contributed by atoms with Gasteiger partial charge in [-0.3, -0.25) is 14.2 Å². The van der Waals surface area contributed by atoms with Crippen molar-refractivity contribution >= 4 is 28.6 Å². The number of benzene rings is 1. The van der Waals surface area contributed by atoms with Gasteiger partial charge in [0.1, 0.15) is 6.54 Å². The van der Waals surface area contributed by atoms with Crippen molar-refractivity contribution in [3.63, 3.8) is 0 Å². The molecule has 2 aromatic rings. The highest BCUT2D eigenvalue weighted by molar-refractivity contribution is 8.00. The van der Waals surface area contributed by atoms with E-state index in [4.69, 9.17) is 0 Å². The highest BCUT2D eigenvalue weighted by Crippen LogP contribution is 2.23. The number of aromatic nitrogens is 2. The van der Waals surface area contributed by atoms with Crippen molar-refractivity contribution < 1.29 is 18.0 Å². The van der Waals surface area contributed by atoms with Crippen LogP contribution in [0.25, 0.3) is 10.9 Å². The van der Waals surface area contributed by atoms with Crippen LogP contribution in [0.3, 0.4) is 0 Å². The number of halogens is 3. The summed E-state index contributed by atoms with van der Waals surface area (Å²) in [5, 5.41) is 1.77. The van der Waals surface area contributed by atoms with Crippen LogP contribution in [0.15, 0.2) is 34.2 Å². The summed E-state index contributed by atoms with van der Waals surface area (Å²) in [6, 6.07) is 6.80. The molecule has 24 heavy (non-hydrogen) atoms. The summed E-state index contributed by atoms with van der Waals surface area (Å²) in [4.78, 5) is 28.6. The SMILES string of the molecule is CCn1c(S[C@@H](C)C(=O)NCC(F)(F)F)nc2ccccc2c1=O. The van der Waals surface area contributed by atoms with Gasteiger partial charge in [-0.05, 0) is 26.0 Å². The number of rotatable bonds is 5. The van der Waals surface area contributed by atoms with Gasteiger partial charge in [-0.15, -0.1) is 0 Å². The maximum Gasteiger partial charge on any atom is 0.405 e. The first-order chi connectivity index (χ1) is 11.2. The van der Waals surface area contributed by atoms with Gasteiger partial charge in [0, 0.05) is 6.54 Å². The zero-order valence-corrected chi connectivity index (χ0v) is 13.9. The second kappa shape index (κ2) is 7.25. The van der Waals surface area contributed by atoms with E-state index in [1.807, 2.05) is 5.32 Å². The van der Waals surface area contributed by atoms with E-state index < -0.39 is 23.9 Å². The Labute approximate surface area is 140 Å². The molecule has 1 heterocycles. The number of amides is 1. The summed E-state index contributed by atoms with van der Waals surface area (Å²) in [5.41, 5.74) is 0.242. The molecule has 1 aromatic heterocycles. The van der Waals surface area contributed by atoms with Crippen LogP contribution < -0.4 is 10.9 Å². The summed E-state index contributed by atoms with van der Waals surface area (Å²) in [5.74, 6) is -0.762. The van der Waals surface area contributed by atoms with Crippen LogP contribution in [-0.4, -0.2) is 33.4 Å². The van der Waals surface area contributed by atoms with Crippen molar-refractivity contribution in [2.45, 2.75) is 37.0 Å². The van der Waals surface area contributed by atoms with Crippen LogP contribution in [-0.2, 0) is 11.3 Å². The Bertz CT molecular complexity index is 805. The fourth-order valence-corrected chi connectivity index (χ4v) is 3.06. The van der Waals surface area contributed by atoms with E-state index in [0.29, 0.717) is 22.6 Å². The number of thioether (sulfide) groups is 1. The first-order valence-corrected chi connectivity index (χ1v) is 8.11. The third-order valence-electron chi connectivity index (χ3n) is 3.26. The van der Waals surface area contributed by atoms with Gasteiger partial charge in [0.15, 0.2) is 5.16 Å². The van der Waals surface area contributed by atoms with E-state index in [-0.39, 0.29) is 5.56 Å². The van der Waals surface area contributed by atoms with Crippen LogP contribution >= 0.6 is 11.8 Å². The summed E-state index contributed by atoms with van der Waals surface area (Å²) in [7, 11) is 0. The quantitative estimate of drug-likeness (QED) is 0.658. The van der Waals surface area contributed by atoms with Gasteiger partial charge in [-0.2, -0.15) is 13.2 Å². The molecule has 1 amide bonds. The number of nitrogens with one attached hydrogen (secondary N) is 1. The molecule has 0 bridgehead atoms. The summed E-state index contributed by atoms with van der Waals surface area (Å²) in [6.45, 7) is 2.19.